The van der Waals surface area contributed by atoms with E-state index in [1.807, 2.05) is 55.9 Å². The van der Waals surface area contributed by atoms with Crippen molar-refractivity contribution in [1.29, 1.82) is 0 Å². The first-order chi connectivity index (χ1) is 12.5. The first-order valence-electron chi connectivity index (χ1n) is 9.36. The lowest BCUT2D eigenvalue weighted by molar-refractivity contribution is 0.0933. The highest BCUT2D eigenvalue weighted by molar-refractivity contribution is 5.92. The lowest BCUT2D eigenvalue weighted by atomic mass is 10.1. The van der Waals surface area contributed by atoms with Crippen LogP contribution in [-0.2, 0) is 0 Å². The predicted molar refractivity (Wildman–Crippen MR) is 101 cm³/mol. The lowest BCUT2D eigenvalue weighted by Crippen LogP contribution is -2.32. The first kappa shape index (κ1) is 18.5. The third kappa shape index (κ3) is 4.64. The highest BCUT2D eigenvalue weighted by atomic mass is 16.5. The Morgan fingerprint density at radius 3 is 2.92 bits per heavy atom. The minimum atomic E-state index is -0.157. The van der Waals surface area contributed by atoms with Gasteiger partial charge in [-0.3, -0.25) is 9.48 Å². The van der Waals surface area contributed by atoms with Crippen molar-refractivity contribution in [3.63, 3.8) is 0 Å². The van der Waals surface area contributed by atoms with E-state index in [1.54, 1.807) is 6.07 Å². The van der Waals surface area contributed by atoms with Crippen molar-refractivity contribution in [3.05, 3.63) is 47.8 Å². The van der Waals surface area contributed by atoms with Gasteiger partial charge in [0, 0.05) is 12.7 Å². The Bertz CT molecular complexity index is 735. The summed E-state index contributed by atoms with van der Waals surface area (Å²) in [5, 5.41) is 10.9. The monoisotopic (exact) mass is 356 g/mol. The van der Waals surface area contributed by atoms with E-state index >= 15 is 0 Å². The van der Waals surface area contributed by atoms with E-state index in [9.17, 15) is 4.79 Å². The summed E-state index contributed by atoms with van der Waals surface area (Å²) in [5.41, 5.74) is 1.46. The number of amides is 1. The predicted octanol–water partition coefficient (Wildman–Crippen LogP) is 3.09. The fourth-order valence-corrected chi connectivity index (χ4v) is 3.21. The maximum absolute atomic E-state index is 12.6. The molecule has 2 aromatic rings. The molecule has 2 unspecified atom stereocenters. The zero-order valence-corrected chi connectivity index (χ0v) is 15.7. The Morgan fingerprint density at radius 2 is 2.19 bits per heavy atom. The molecular formula is C20H28N4O2. The van der Waals surface area contributed by atoms with Crippen molar-refractivity contribution in [2.75, 3.05) is 13.1 Å². The van der Waals surface area contributed by atoms with Gasteiger partial charge in [0.15, 0.2) is 0 Å². The average Bonchev–Trinajstić information content (AvgIpc) is 3.12. The Morgan fingerprint density at radius 1 is 1.35 bits per heavy atom. The maximum Gasteiger partial charge on any atom is 0.272 e. The summed E-state index contributed by atoms with van der Waals surface area (Å²) < 4.78 is 7.64. The summed E-state index contributed by atoms with van der Waals surface area (Å²) in [7, 11) is 0. The molecule has 1 aliphatic heterocycles. The molecule has 2 heterocycles. The molecule has 0 saturated carbocycles. The van der Waals surface area contributed by atoms with Gasteiger partial charge < -0.3 is 15.4 Å². The average molecular weight is 356 g/mol. The van der Waals surface area contributed by atoms with Gasteiger partial charge in [0.05, 0.1) is 18.2 Å². The molecule has 1 aromatic carbocycles. The van der Waals surface area contributed by atoms with Crippen LogP contribution in [0.5, 0.6) is 5.75 Å². The quantitative estimate of drug-likeness (QED) is 0.835. The molecule has 3 rings (SSSR count). The molecule has 1 aromatic heterocycles. The van der Waals surface area contributed by atoms with Crippen molar-refractivity contribution in [2.24, 2.45) is 0 Å². The summed E-state index contributed by atoms with van der Waals surface area (Å²) in [6.07, 6.45) is 4.24. The van der Waals surface area contributed by atoms with Crippen molar-refractivity contribution in [1.82, 2.24) is 20.4 Å². The SMILES string of the molecule is CC(C)Oc1cccc(C(C)NC(=O)c2ccn(C3CCCNC3)n2)c1. The van der Waals surface area contributed by atoms with Crippen molar-refractivity contribution in [3.8, 4) is 5.75 Å². The minimum Gasteiger partial charge on any atom is -0.491 e. The number of aromatic nitrogens is 2. The first-order valence-corrected chi connectivity index (χ1v) is 9.36. The molecule has 1 fully saturated rings. The van der Waals surface area contributed by atoms with Crippen LogP contribution in [0.1, 0.15) is 61.7 Å². The highest BCUT2D eigenvalue weighted by Gasteiger charge is 2.19. The van der Waals surface area contributed by atoms with Gasteiger partial charge in [-0.2, -0.15) is 5.10 Å². The molecule has 6 heteroatoms. The lowest BCUT2D eigenvalue weighted by Gasteiger charge is -2.22. The van der Waals surface area contributed by atoms with E-state index in [1.165, 1.54) is 0 Å². The van der Waals surface area contributed by atoms with Crippen LogP contribution in [0.15, 0.2) is 36.5 Å². The van der Waals surface area contributed by atoms with E-state index in [2.05, 4.69) is 15.7 Å². The summed E-state index contributed by atoms with van der Waals surface area (Å²) in [5.74, 6) is 0.655. The van der Waals surface area contributed by atoms with Gasteiger partial charge >= 0.3 is 0 Å². The Kier molecular flexibility index (Phi) is 5.93. The van der Waals surface area contributed by atoms with Crippen molar-refractivity contribution in [2.45, 2.75) is 51.8 Å². The van der Waals surface area contributed by atoms with E-state index in [-0.39, 0.29) is 18.1 Å². The molecule has 2 atom stereocenters. The fraction of sp³-hybridized carbons (Fsp3) is 0.500. The summed E-state index contributed by atoms with van der Waals surface area (Å²) in [6, 6.07) is 9.82. The zero-order valence-electron chi connectivity index (χ0n) is 15.7. The van der Waals surface area contributed by atoms with E-state index < -0.39 is 0 Å². The second-order valence-electron chi connectivity index (χ2n) is 7.12. The number of carbonyl (C=O) groups excluding carboxylic acids is 1. The van der Waals surface area contributed by atoms with Crippen molar-refractivity contribution < 1.29 is 9.53 Å². The molecule has 1 saturated heterocycles. The van der Waals surface area contributed by atoms with E-state index in [0.29, 0.717) is 11.7 Å². The second-order valence-corrected chi connectivity index (χ2v) is 7.12. The normalized spacial score (nSPS) is 18.5. The van der Waals surface area contributed by atoms with Crippen LogP contribution in [0.2, 0.25) is 0 Å². The van der Waals surface area contributed by atoms with E-state index in [4.69, 9.17) is 4.74 Å². The number of hydrogen-bond donors (Lipinski definition) is 2. The maximum atomic E-state index is 12.6. The topological polar surface area (TPSA) is 68.2 Å². The zero-order chi connectivity index (χ0) is 18.5. The molecular weight excluding hydrogens is 328 g/mol. The van der Waals surface area contributed by atoms with Crippen LogP contribution in [-0.4, -0.2) is 34.9 Å². The summed E-state index contributed by atoms with van der Waals surface area (Å²) in [4.78, 5) is 12.6. The third-order valence-electron chi connectivity index (χ3n) is 4.56. The number of ether oxygens (including phenoxy) is 1. The number of carbonyl (C=O) groups is 1. The molecule has 26 heavy (non-hydrogen) atoms. The molecule has 1 amide bonds. The van der Waals surface area contributed by atoms with Crippen LogP contribution >= 0.6 is 0 Å². The molecule has 1 aliphatic rings. The van der Waals surface area contributed by atoms with Gasteiger partial charge in [-0.1, -0.05) is 12.1 Å². The van der Waals surface area contributed by atoms with Crippen molar-refractivity contribution >= 4 is 5.91 Å². The smallest absolute Gasteiger partial charge is 0.272 e. The fourth-order valence-electron chi connectivity index (χ4n) is 3.21. The number of rotatable bonds is 6. The molecule has 0 aliphatic carbocycles. The van der Waals surface area contributed by atoms with Gasteiger partial charge in [-0.15, -0.1) is 0 Å². The van der Waals surface area contributed by atoms with Crippen LogP contribution in [0.4, 0.5) is 0 Å². The van der Waals surface area contributed by atoms with Gasteiger partial charge in [0.2, 0.25) is 0 Å². The standard InChI is InChI=1S/C20H28N4O2/c1-14(2)26-18-8-4-6-16(12-18)15(3)22-20(25)19-9-11-24(23-19)17-7-5-10-21-13-17/h4,6,8-9,11-12,14-15,17,21H,5,7,10,13H2,1-3H3,(H,22,25). The molecule has 6 nitrogen and oxygen atoms in total. The van der Waals surface area contributed by atoms with Crippen LogP contribution < -0.4 is 15.4 Å². The number of nitrogens with zero attached hydrogens (tertiary/aromatic N) is 2. The molecule has 0 radical (unpaired) electrons. The molecule has 140 valence electrons. The second kappa shape index (κ2) is 8.36. The van der Waals surface area contributed by atoms with Crippen LogP contribution in [0, 0.1) is 0 Å². The number of nitrogens with one attached hydrogen (secondary N) is 2. The summed E-state index contributed by atoms with van der Waals surface area (Å²) in [6.45, 7) is 7.92. The van der Waals surface area contributed by atoms with Gasteiger partial charge in [0.1, 0.15) is 11.4 Å². The van der Waals surface area contributed by atoms with Crippen LogP contribution in [0.25, 0.3) is 0 Å². The van der Waals surface area contributed by atoms with E-state index in [0.717, 1.165) is 37.2 Å². The minimum absolute atomic E-state index is 0.119. The summed E-state index contributed by atoms with van der Waals surface area (Å²) >= 11 is 0. The van der Waals surface area contributed by atoms with Crippen LogP contribution in [0.3, 0.4) is 0 Å². The Labute approximate surface area is 154 Å². The largest absolute Gasteiger partial charge is 0.491 e. The van der Waals surface area contributed by atoms with Gasteiger partial charge in [-0.05, 0) is 63.9 Å². The number of piperidine rings is 1. The van der Waals surface area contributed by atoms with Gasteiger partial charge in [0.25, 0.3) is 5.91 Å². The van der Waals surface area contributed by atoms with Gasteiger partial charge in [-0.25, -0.2) is 0 Å². The third-order valence-corrected chi connectivity index (χ3v) is 4.56. The highest BCUT2D eigenvalue weighted by Crippen LogP contribution is 2.21. The Balaban J connectivity index is 1.63. The molecule has 0 bridgehead atoms. The molecule has 0 spiro atoms. The number of benzene rings is 1. The number of hydrogen-bond acceptors (Lipinski definition) is 4. The Hall–Kier alpha value is -2.34. The molecule has 2 N–H and O–H groups in total.